The van der Waals surface area contributed by atoms with Crippen molar-refractivity contribution in [2.75, 3.05) is 0 Å². The Bertz CT molecular complexity index is 405. The number of carbonyl (C=O) groups is 1. The molecule has 1 rings (SSSR count). The molecule has 0 amide bonds. The van der Waals surface area contributed by atoms with Crippen LogP contribution in [0.15, 0.2) is 18.2 Å². The summed E-state index contributed by atoms with van der Waals surface area (Å²) in [5, 5.41) is 0. The van der Waals surface area contributed by atoms with Gasteiger partial charge in [0.1, 0.15) is 11.5 Å². The molecule has 0 saturated heterocycles. The predicted molar refractivity (Wildman–Crippen MR) is 77.1 cm³/mol. The molecule has 0 aliphatic rings. The average molecular weight is 264 g/mol. The SMILES string of the molecule is CC(C)Oc1cc(OC(C)C)cc(C(=O)C(C)C)c1. The van der Waals surface area contributed by atoms with E-state index in [1.807, 2.05) is 47.6 Å². The first-order chi connectivity index (χ1) is 8.79. The predicted octanol–water partition coefficient (Wildman–Crippen LogP) is 4.10. The molecule has 0 heterocycles. The fourth-order valence-corrected chi connectivity index (χ4v) is 1.73. The van der Waals surface area contributed by atoms with Crippen molar-refractivity contribution in [3.05, 3.63) is 23.8 Å². The molecule has 1 aromatic carbocycles. The Kier molecular flexibility index (Phi) is 5.40. The molecule has 0 fully saturated rings. The van der Waals surface area contributed by atoms with Gasteiger partial charge in [0.25, 0.3) is 0 Å². The van der Waals surface area contributed by atoms with Gasteiger partial charge in [-0.1, -0.05) is 13.8 Å². The number of hydrogen-bond acceptors (Lipinski definition) is 3. The summed E-state index contributed by atoms with van der Waals surface area (Å²) >= 11 is 0. The summed E-state index contributed by atoms with van der Waals surface area (Å²) in [6.45, 7) is 11.6. The van der Waals surface area contributed by atoms with Crippen LogP contribution in [-0.2, 0) is 0 Å². The molecule has 0 N–H and O–H groups in total. The Hall–Kier alpha value is -1.51. The lowest BCUT2D eigenvalue weighted by molar-refractivity contribution is 0.0937. The molecular weight excluding hydrogens is 240 g/mol. The summed E-state index contributed by atoms with van der Waals surface area (Å²) in [6.07, 6.45) is 0.132. The van der Waals surface area contributed by atoms with Crippen LogP contribution >= 0.6 is 0 Å². The molecule has 0 aliphatic carbocycles. The topological polar surface area (TPSA) is 35.5 Å². The third kappa shape index (κ3) is 4.93. The quantitative estimate of drug-likeness (QED) is 0.726. The van der Waals surface area contributed by atoms with E-state index in [2.05, 4.69) is 0 Å². The zero-order valence-corrected chi connectivity index (χ0v) is 12.7. The minimum Gasteiger partial charge on any atom is -0.491 e. The van der Waals surface area contributed by atoms with E-state index in [0.717, 1.165) is 0 Å². The van der Waals surface area contributed by atoms with E-state index in [-0.39, 0.29) is 23.9 Å². The molecule has 0 aromatic heterocycles. The molecule has 0 saturated carbocycles. The zero-order valence-electron chi connectivity index (χ0n) is 12.7. The van der Waals surface area contributed by atoms with E-state index < -0.39 is 0 Å². The van der Waals surface area contributed by atoms with Crippen LogP contribution in [0.5, 0.6) is 11.5 Å². The van der Waals surface area contributed by atoms with E-state index in [0.29, 0.717) is 17.1 Å². The Balaban J connectivity index is 3.12. The molecule has 0 unspecified atom stereocenters. The number of benzene rings is 1. The molecule has 3 nitrogen and oxygen atoms in total. The summed E-state index contributed by atoms with van der Waals surface area (Å²) < 4.78 is 11.3. The van der Waals surface area contributed by atoms with Crippen molar-refractivity contribution in [2.24, 2.45) is 5.92 Å². The van der Waals surface area contributed by atoms with Gasteiger partial charge in [-0.2, -0.15) is 0 Å². The third-order valence-electron chi connectivity index (χ3n) is 2.43. The van der Waals surface area contributed by atoms with Crippen LogP contribution in [0.2, 0.25) is 0 Å². The second-order valence-electron chi connectivity index (χ2n) is 5.55. The highest BCUT2D eigenvalue weighted by atomic mass is 16.5. The normalized spacial score (nSPS) is 11.2. The molecule has 0 radical (unpaired) electrons. The largest absolute Gasteiger partial charge is 0.491 e. The van der Waals surface area contributed by atoms with Gasteiger partial charge in [-0.15, -0.1) is 0 Å². The van der Waals surface area contributed by atoms with Crippen LogP contribution in [0.25, 0.3) is 0 Å². The van der Waals surface area contributed by atoms with Crippen molar-refractivity contribution in [1.82, 2.24) is 0 Å². The molecule has 3 heteroatoms. The Morgan fingerprint density at radius 1 is 0.842 bits per heavy atom. The summed E-state index contributed by atoms with van der Waals surface area (Å²) in [4.78, 5) is 12.1. The molecule has 0 atom stereocenters. The smallest absolute Gasteiger partial charge is 0.165 e. The standard InChI is InChI=1S/C16H24O3/c1-10(2)16(17)13-7-14(18-11(3)4)9-15(8-13)19-12(5)6/h7-12H,1-6H3. The number of Topliss-reactive ketones (excluding diaryl/α,β-unsaturated/α-hetero) is 1. The average Bonchev–Trinajstić information content (AvgIpc) is 2.25. The van der Waals surface area contributed by atoms with Gasteiger partial charge in [0.15, 0.2) is 5.78 Å². The Labute approximate surface area is 115 Å². The van der Waals surface area contributed by atoms with Crippen molar-refractivity contribution in [2.45, 2.75) is 53.8 Å². The van der Waals surface area contributed by atoms with E-state index in [1.165, 1.54) is 0 Å². The molecule has 0 bridgehead atoms. The molecule has 1 aromatic rings. The van der Waals surface area contributed by atoms with Gasteiger partial charge < -0.3 is 9.47 Å². The van der Waals surface area contributed by atoms with Crippen molar-refractivity contribution in [1.29, 1.82) is 0 Å². The van der Waals surface area contributed by atoms with Crippen molar-refractivity contribution >= 4 is 5.78 Å². The first-order valence-electron chi connectivity index (χ1n) is 6.82. The van der Waals surface area contributed by atoms with Gasteiger partial charge in [-0.05, 0) is 39.8 Å². The minimum atomic E-state index is -0.0406. The van der Waals surface area contributed by atoms with Crippen molar-refractivity contribution in [3.63, 3.8) is 0 Å². The van der Waals surface area contributed by atoms with E-state index >= 15 is 0 Å². The highest BCUT2D eigenvalue weighted by molar-refractivity contribution is 5.98. The first-order valence-corrected chi connectivity index (χ1v) is 6.82. The summed E-state index contributed by atoms with van der Waals surface area (Å²) in [5.74, 6) is 1.42. The Morgan fingerprint density at radius 3 is 1.58 bits per heavy atom. The molecule has 0 spiro atoms. The molecule has 0 aliphatic heterocycles. The van der Waals surface area contributed by atoms with E-state index in [9.17, 15) is 4.79 Å². The van der Waals surface area contributed by atoms with Gasteiger partial charge in [-0.3, -0.25) is 4.79 Å². The number of ether oxygens (including phenoxy) is 2. The van der Waals surface area contributed by atoms with Gasteiger partial charge in [0.05, 0.1) is 12.2 Å². The van der Waals surface area contributed by atoms with Gasteiger partial charge in [0.2, 0.25) is 0 Å². The third-order valence-corrected chi connectivity index (χ3v) is 2.43. The fraction of sp³-hybridized carbons (Fsp3) is 0.562. The van der Waals surface area contributed by atoms with Crippen LogP contribution in [0, 0.1) is 5.92 Å². The van der Waals surface area contributed by atoms with E-state index in [1.54, 1.807) is 12.1 Å². The van der Waals surface area contributed by atoms with Crippen LogP contribution in [0.4, 0.5) is 0 Å². The maximum Gasteiger partial charge on any atom is 0.165 e. The molecule has 19 heavy (non-hydrogen) atoms. The molecular formula is C16H24O3. The van der Waals surface area contributed by atoms with E-state index in [4.69, 9.17) is 9.47 Å². The number of rotatable bonds is 6. The fourth-order valence-electron chi connectivity index (χ4n) is 1.73. The van der Waals surface area contributed by atoms with Crippen molar-refractivity contribution in [3.8, 4) is 11.5 Å². The maximum atomic E-state index is 12.1. The summed E-state index contributed by atoms with van der Waals surface area (Å²) in [6, 6.07) is 5.40. The summed E-state index contributed by atoms with van der Waals surface area (Å²) in [5.41, 5.74) is 0.642. The lowest BCUT2D eigenvalue weighted by atomic mass is 10.0. The van der Waals surface area contributed by atoms with Crippen LogP contribution in [0.1, 0.15) is 51.9 Å². The monoisotopic (exact) mass is 264 g/mol. The lowest BCUT2D eigenvalue weighted by Crippen LogP contribution is -2.12. The second-order valence-corrected chi connectivity index (χ2v) is 5.55. The highest BCUT2D eigenvalue weighted by Gasteiger charge is 2.14. The first kappa shape index (κ1) is 15.5. The number of carbonyl (C=O) groups excluding carboxylic acids is 1. The lowest BCUT2D eigenvalue weighted by Gasteiger charge is -2.16. The Morgan fingerprint density at radius 2 is 1.26 bits per heavy atom. The maximum absolute atomic E-state index is 12.1. The number of ketones is 1. The van der Waals surface area contributed by atoms with Crippen LogP contribution in [-0.4, -0.2) is 18.0 Å². The highest BCUT2D eigenvalue weighted by Crippen LogP contribution is 2.26. The van der Waals surface area contributed by atoms with Crippen LogP contribution in [0.3, 0.4) is 0 Å². The molecule has 106 valence electrons. The number of hydrogen-bond donors (Lipinski definition) is 0. The minimum absolute atomic E-state index is 0.0406. The summed E-state index contributed by atoms with van der Waals surface area (Å²) in [7, 11) is 0. The van der Waals surface area contributed by atoms with Gasteiger partial charge >= 0.3 is 0 Å². The van der Waals surface area contributed by atoms with Gasteiger partial charge in [-0.25, -0.2) is 0 Å². The van der Waals surface area contributed by atoms with Crippen molar-refractivity contribution < 1.29 is 14.3 Å². The van der Waals surface area contributed by atoms with Crippen LogP contribution < -0.4 is 9.47 Å². The zero-order chi connectivity index (χ0) is 14.6. The van der Waals surface area contributed by atoms with Gasteiger partial charge in [0, 0.05) is 17.5 Å². The second kappa shape index (κ2) is 6.60.